The van der Waals surface area contributed by atoms with Crippen LogP contribution in [0, 0.1) is 5.92 Å². The van der Waals surface area contributed by atoms with Crippen molar-refractivity contribution in [2.75, 3.05) is 44.6 Å². The highest BCUT2D eigenvalue weighted by Gasteiger charge is 2.31. The van der Waals surface area contributed by atoms with Crippen molar-refractivity contribution in [1.82, 2.24) is 9.80 Å². The fourth-order valence-corrected chi connectivity index (χ4v) is 5.86. The lowest BCUT2D eigenvalue weighted by atomic mass is 10.1. The van der Waals surface area contributed by atoms with E-state index in [2.05, 4.69) is 0 Å². The van der Waals surface area contributed by atoms with Crippen molar-refractivity contribution < 1.29 is 22.7 Å². The summed E-state index contributed by atoms with van der Waals surface area (Å²) in [5, 5.41) is 0. The Labute approximate surface area is 201 Å². The van der Waals surface area contributed by atoms with E-state index < -0.39 is 10.0 Å². The van der Waals surface area contributed by atoms with Crippen LogP contribution in [0.4, 0.5) is 5.69 Å². The van der Waals surface area contributed by atoms with Crippen molar-refractivity contribution in [2.24, 2.45) is 5.92 Å². The molecule has 1 aliphatic heterocycles. The van der Waals surface area contributed by atoms with Gasteiger partial charge in [0.15, 0.2) is 0 Å². The summed E-state index contributed by atoms with van der Waals surface area (Å²) in [6.45, 7) is 1.92. The number of piperazine rings is 1. The van der Waals surface area contributed by atoms with Gasteiger partial charge >= 0.3 is 0 Å². The molecule has 0 bridgehead atoms. The smallest absolute Gasteiger partial charge is 0.264 e. The van der Waals surface area contributed by atoms with Crippen molar-refractivity contribution >= 4 is 27.5 Å². The van der Waals surface area contributed by atoms with Crippen molar-refractivity contribution in [2.45, 2.75) is 30.6 Å². The molecule has 4 rings (SSSR count). The van der Waals surface area contributed by atoms with Crippen LogP contribution in [0.5, 0.6) is 5.75 Å². The molecule has 1 heterocycles. The first kappa shape index (κ1) is 24.1. The van der Waals surface area contributed by atoms with Crippen LogP contribution in [0.3, 0.4) is 0 Å². The molecule has 0 atom stereocenters. The number of sulfonamides is 1. The quantitative estimate of drug-likeness (QED) is 0.628. The van der Waals surface area contributed by atoms with Gasteiger partial charge in [-0.2, -0.15) is 0 Å². The summed E-state index contributed by atoms with van der Waals surface area (Å²) >= 11 is 0. The molecule has 2 amide bonds. The first-order valence-corrected chi connectivity index (χ1v) is 13.1. The zero-order valence-electron chi connectivity index (χ0n) is 19.6. The van der Waals surface area contributed by atoms with E-state index in [4.69, 9.17) is 4.74 Å². The van der Waals surface area contributed by atoms with Gasteiger partial charge in [0.2, 0.25) is 5.91 Å². The van der Waals surface area contributed by atoms with Gasteiger partial charge in [-0.25, -0.2) is 8.42 Å². The predicted molar refractivity (Wildman–Crippen MR) is 129 cm³/mol. The number of ether oxygens (including phenoxy) is 1. The Hall–Kier alpha value is -3.07. The maximum absolute atomic E-state index is 13.2. The molecule has 1 saturated heterocycles. The standard InChI is InChI=1S/C25H31N3O5S/c1-26(21-10-12-22(33-2)13-11-21)34(31,32)23-9-5-8-20(18-23)25(30)28-16-14-27(15-17-28)24(29)19-6-3-4-7-19/h5,8-13,18-19H,3-4,6-7,14-17H2,1-2H3. The minimum atomic E-state index is -3.86. The van der Waals surface area contributed by atoms with Crippen molar-refractivity contribution in [3.8, 4) is 5.75 Å². The van der Waals surface area contributed by atoms with Gasteiger partial charge in [0, 0.05) is 44.7 Å². The number of amides is 2. The number of nitrogens with zero attached hydrogens (tertiary/aromatic N) is 3. The molecule has 0 unspecified atom stereocenters. The van der Waals surface area contributed by atoms with Crippen molar-refractivity contribution in [1.29, 1.82) is 0 Å². The van der Waals surface area contributed by atoms with Crippen LogP contribution in [0.15, 0.2) is 53.4 Å². The number of methoxy groups -OCH3 is 1. The summed E-state index contributed by atoms with van der Waals surface area (Å²) in [4.78, 5) is 29.4. The highest BCUT2D eigenvalue weighted by Crippen LogP contribution is 2.28. The van der Waals surface area contributed by atoms with Crippen LogP contribution in [0.1, 0.15) is 36.0 Å². The zero-order valence-corrected chi connectivity index (χ0v) is 20.5. The lowest BCUT2D eigenvalue weighted by molar-refractivity contribution is -0.136. The number of anilines is 1. The van der Waals surface area contributed by atoms with Gasteiger partial charge in [0.25, 0.3) is 15.9 Å². The Morgan fingerprint density at radius 1 is 0.941 bits per heavy atom. The molecule has 2 fully saturated rings. The predicted octanol–water partition coefficient (Wildman–Crippen LogP) is 2.99. The topological polar surface area (TPSA) is 87.2 Å². The number of rotatable bonds is 6. The van der Waals surface area contributed by atoms with E-state index in [1.165, 1.54) is 23.5 Å². The molecular formula is C25H31N3O5S. The first-order chi connectivity index (χ1) is 16.3. The van der Waals surface area contributed by atoms with Gasteiger partial charge in [-0.1, -0.05) is 18.9 Å². The molecule has 1 aliphatic carbocycles. The molecule has 34 heavy (non-hydrogen) atoms. The van der Waals surface area contributed by atoms with Gasteiger partial charge in [-0.15, -0.1) is 0 Å². The van der Waals surface area contributed by atoms with E-state index in [0.717, 1.165) is 25.7 Å². The monoisotopic (exact) mass is 485 g/mol. The molecule has 182 valence electrons. The molecule has 0 aromatic heterocycles. The molecule has 8 nitrogen and oxygen atoms in total. The van der Waals surface area contributed by atoms with E-state index in [9.17, 15) is 18.0 Å². The average molecular weight is 486 g/mol. The number of hydrogen-bond donors (Lipinski definition) is 0. The van der Waals surface area contributed by atoms with Gasteiger partial charge in [-0.05, 0) is 55.3 Å². The molecule has 9 heteroatoms. The molecule has 0 N–H and O–H groups in total. The van der Waals surface area contributed by atoms with Crippen LogP contribution in [-0.4, -0.2) is 70.4 Å². The van der Waals surface area contributed by atoms with E-state index >= 15 is 0 Å². The Kier molecular flexibility index (Phi) is 7.11. The maximum Gasteiger partial charge on any atom is 0.264 e. The van der Waals surface area contributed by atoms with Crippen LogP contribution < -0.4 is 9.04 Å². The number of hydrogen-bond acceptors (Lipinski definition) is 5. The Morgan fingerprint density at radius 2 is 1.56 bits per heavy atom. The third kappa shape index (κ3) is 4.89. The second-order valence-electron chi connectivity index (χ2n) is 8.80. The largest absolute Gasteiger partial charge is 0.497 e. The van der Waals surface area contributed by atoms with Gasteiger partial charge in [0.1, 0.15) is 5.75 Å². The average Bonchev–Trinajstić information content (AvgIpc) is 3.43. The normalized spacial score (nSPS) is 17.0. The molecule has 1 saturated carbocycles. The van der Waals surface area contributed by atoms with Crippen LogP contribution in [0.2, 0.25) is 0 Å². The van der Waals surface area contributed by atoms with E-state index in [-0.39, 0.29) is 22.6 Å². The lowest BCUT2D eigenvalue weighted by Crippen LogP contribution is -2.51. The SMILES string of the molecule is COc1ccc(N(C)S(=O)(=O)c2cccc(C(=O)N3CCN(C(=O)C4CCCC4)CC3)c2)cc1. The van der Waals surface area contributed by atoms with Crippen LogP contribution >= 0.6 is 0 Å². The van der Waals surface area contributed by atoms with Gasteiger partial charge in [0.05, 0.1) is 17.7 Å². The second-order valence-corrected chi connectivity index (χ2v) is 10.8. The molecular weight excluding hydrogens is 454 g/mol. The molecule has 0 spiro atoms. The third-order valence-electron chi connectivity index (χ3n) is 6.76. The summed E-state index contributed by atoms with van der Waals surface area (Å²) in [6.07, 6.45) is 4.15. The summed E-state index contributed by atoms with van der Waals surface area (Å²) in [6, 6.07) is 12.8. The third-order valence-corrected chi connectivity index (χ3v) is 8.54. The number of carbonyl (C=O) groups excluding carboxylic acids is 2. The highest BCUT2D eigenvalue weighted by atomic mass is 32.2. The zero-order chi connectivity index (χ0) is 24.3. The molecule has 2 aromatic carbocycles. The minimum Gasteiger partial charge on any atom is -0.497 e. The van der Waals surface area contributed by atoms with Gasteiger partial charge < -0.3 is 14.5 Å². The summed E-state index contributed by atoms with van der Waals surface area (Å²) in [7, 11) is -0.834. The molecule has 2 aromatic rings. The van der Waals surface area contributed by atoms with E-state index in [0.29, 0.717) is 43.2 Å². The Bertz CT molecular complexity index is 1140. The number of benzene rings is 2. The van der Waals surface area contributed by atoms with Crippen LogP contribution in [0.25, 0.3) is 0 Å². The first-order valence-electron chi connectivity index (χ1n) is 11.6. The van der Waals surface area contributed by atoms with E-state index in [1.54, 1.807) is 48.4 Å². The summed E-state index contributed by atoms with van der Waals surface area (Å²) in [5.41, 5.74) is 0.806. The van der Waals surface area contributed by atoms with E-state index in [1.807, 2.05) is 4.90 Å². The Morgan fingerprint density at radius 3 is 2.18 bits per heavy atom. The van der Waals surface area contributed by atoms with Crippen LogP contribution in [-0.2, 0) is 14.8 Å². The highest BCUT2D eigenvalue weighted by molar-refractivity contribution is 7.92. The summed E-state index contributed by atoms with van der Waals surface area (Å²) < 4.78 is 32.7. The molecule has 0 radical (unpaired) electrons. The lowest BCUT2D eigenvalue weighted by Gasteiger charge is -2.36. The second kappa shape index (κ2) is 10.0. The fraction of sp³-hybridized carbons (Fsp3) is 0.440. The summed E-state index contributed by atoms with van der Waals surface area (Å²) in [5.74, 6) is 0.746. The Balaban J connectivity index is 1.44. The minimum absolute atomic E-state index is 0.0479. The van der Waals surface area contributed by atoms with Crippen molar-refractivity contribution in [3.05, 3.63) is 54.1 Å². The molecule has 2 aliphatic rings. The maximum atomic E-state index is 13.2. The number of carbonyl (C=O) groups is 2. The fourth-order valence-electron chi connectivity index (χ4n) is 4.62. The van der Waals surface area contributed by atoms with Crippen molar-refractivity contribution in [3.63, 3.8) is 0 Å². The van der Waals surface area contributed by atoms with Gasteiger partial charge in [-0.3, -0.25) is 13.9 Å².